The molecule has 1 unspecified atom stereocenters. The Hall–Kier alpha value is -0.0500. The molecule has 1 aliphatic carbocycles. The third-order valence-electron chi connectivity index (χ3n) is 7.00. The van der Waals surface area contributed by atoms with E-state index in [1.165, 1.54) is 51.4 Å². The van der Waals surface area contributed by atoms with Gasteiger partial charge in [-0.3, -0.25) is 4.99 Å². The minimum atomic E-state index is -2.82. The zero-order valence-electron chi connectivity index (χ0n) is 17.1. The Labute approximate surface area is 183 Å². The lowest BCUT2D eigenvalue weighted by Gasteiger charge is -2.31. The number of rotatable bonds is 5. The van der Waals surface area contributed by atoms with E-state index in [1.54, 1.807) is 0 Å². The molecule has 1 N–H and O–H groups in total. The number of sulfone groups is 1. The fraction of sp³-hybridized carbons (Fsp3) is 0.950. The number of hydrogen-bond acceptors (Lipinski definition) is 3. The third-order valence-corrected chi connectivity index (χ3v) is 8.84. The molecular formula is C20H38IN3O2S. The van der Waals surface area contributed by atoms with Crippen molar-refractivity contribution < 1.29 is 8.42 Å². The summed E-state index contributed by atoms with van der Waals surface area (Å²) in [4.78, 5) is 7.40. The number of halogens is 1. The van der Waals surface area contributed by atoms with Crippen molar-refractivity contribution in [2.45, 2.75) is 77.7 Å². The first-order valence-corrected chi connectivity index (χ1v) is 12.5. The Morgan fingerprint density at radius 1 is 1.15 bits per heavy atom. The van der Waals surface area contributed by atoms with Crippen LogP contribution < -0.4 is 5.32 Å². The second-order valence-corrected chi connectivity index (χ2v) is 11.0. The van der Waals surface area contributed by atoms with Gasteiger partial charge in [0.1, 0.15) is 0 Å². The van der Waals surface area contributed by atoms with Gasteiger partial charge in [0, 0.05) is 25.7 Å². The SMILES string of the molecule is CCC1(CC)CCN(C(=NCC2CCS(=O)(=O)C2)NC2CCCCC2)C1.I. The third kappa shape index (κ3) is 6.21. The van der Waals surface area contributed by atoms with Crippen LogP contribution in [0.5, 0.6) is 0 Å². The molecule has 0 bridgehead atoms. The summed E-state index contributed by atoms with van der Waals surface area (Å²) in [5.74, 6) is 1.91. The van der Waals surface area contributed by atoms with Gasteiger partial charge >= 0.3 is 0 Å². The van der Waals surface area contributed by atoms with E-state index in [4.69, 9.17) is 4.99 Å². The van der Waals surface area contributed by atoms with Gasteiger partial charge in [-0.2, -0.15) is 0 Å². The fourth-order valence-electron chi connectivity index (χ4n) is 4.84. The molecule has 158 valence electrons. The Morgan fingerprint density at radius 3 is 2.41 bits per heavy atom. The number of nitrogens with zero attached hydrogens (tertiary/aromatic N) is 2. The van der Waals surface area contributed by atoms with E-state index < -0.39 is 9.84 Å². The van der Waals surface area contributed by atoms with Gasteiger partial charge in [-0.05, 0) is 49.9 Å². The van der Waals surface area contributed by atoms with Crippen molar-refractivity contribution >= 4 is 39.8 Å². The maximum Gasteiger partial charge on any atom is 0.194 e. The van der Waals surface area contributed by atoms with Crippen molar-refractivity contribution in [2.75, 3.05) is 31.1 Å². The monoisotopic (exact) mass is 511 g/mol. The highest BCUT2D eigenvalue weighted by molar-refractivity contribution is 14.0. The van der Waals surface area contributed by atoms with Crippen LogP contribution in [0.2, 0.25) is 0 Å². The summed E-state index contributed by atoms with van der Waals surface area (Å²) >= 11 is 0. The molecule has 3 rings (SSSR count). The van der Waals surface area contributed by atoms with Crippen molar-refractivity contribution in [3.63, 3.8) is 0 Å². The van der Waals surface area contributed by atoms with Gasteiger partial charge in [-0.15, -0.1) is 24.0 Å². The van der Waals surface area contributed by atoms with E-state index in [-0.39, 0.29) is 29.9 Å². The molecule has 7 heteroatoms. The molecule has 3 aliphatic rings. The first-order valence-electron chi connectivity index (χ1n) is 10.7. The van der Waals surface area contributed by atoms with Crippen LogP contribution >= 0.6 is 24.0 Å². The molecule has 0 spiro atoms. The van der Waals surface area contributed by atoms with Crippen LogP contribution in [0, 0.1) is 11.3 Å². The number of aliphatic imine (C=N–C) groups is 1. The molecule has 0 aromatic carbocycles. The summed E-state index contributed by atoms with van der Waals surface area (Å²) in [5, 5.41) is 3.76. The fourth-order valence-corrected chi connectivity index (χ4v) is 6.69. The van der Waals surface area contributed by atoms with Crippen LogP contribution in [-0.4, -0.2) is 56.5 Å². The van der Waals surface area contributed by atoms with Gasteiger partial charge in [-0.1, -0.05) is 33.1 Å². The van der Waals surface area contributed by atoms with Crippen LogP contribution in [-0.2, 0) is 9.84 Å². The normalized spacial score (nSPS) is 28.1. The second kappa shape index (κ2) is 10.1. The predicted octanol–water partition coefficient (Wildman–Crippen LogP) is 3.83. The quantitative estimate of drug-likeness (QED) is 0.346. The lowest BCUT2D eigenvalue weighted by molar-refractivity contribution is 0.274. The van der Waals surface area contributed by atoms with Crippen LogP contribution in [0.25, 0.3) is 0 Å². The highest BCUT2D eigenvalue weighted by Gasteiger charge is 2.37. The molecule has 0 aromatic rings. The average Bonchev–Trinajstić information content (AvgIpc) is 3.23. The van der Waals surface area contributed by atoms with E-state index in [9.17, 15) is 8.42 Å². The van der Waals surface area contributed by atoms with E-state index >= 15 is 0 Å². The molecule has 1 saturated carbocycles. The maximum atomic E-state index is 11.7. The van der Waals surface area contributed by atoms with Crippen LogP contribution in [0.4, 0.5) is 0 Å². The van der Waals surface area contributed by atoms with Gasteiger partial charge < -0.3 is 10.2 Å². The average molecular weight is 512 g/mol. The van der Waals surface area contributed by atoms with E-state index in [0.717, 1.165) is 25.5 Å². The predicted molar refractivity (Wildman–Crippen MR) is 124 cm³/mol. The zero-order valence-corrected chi connectivity index (χ0v) is 20.2. The van der Waals surface area contributed by atoms with Crippen molar-refractivity contribution in [3.05, 3.63) is 0 Å². The van der Waals surface area contributed by atoms with E-state index in [1.807, 2.05) is 0 Å². The summed E-state index contributed by atoms with van der Waals surface area (Å²) in [5.41, 5.74) is 0.422. The zero-order chi connectivity index (χ0) is 18.6. The smallest absolute Gasteiger partial charge is 0.194 e. The maximum absolute atomic E-state index is 11.7. The largest absolute Gasteiger partial charge is 0.354 e. The summed E-state index contributed by atoms with van der Waals surface area (Å²) in [6.07, 6.45) is 10.9. The highest BCUT2D eigenvalue weighted by Crippen LogP contribution is 2.37. The summed E-state index contributed by atoms with van der Waals surface area (Å²) < 4.78 is 23.5. The molecule has 27 heavy (non-hydrogen) atoms. The molecule has 2 saturated heterocycles. The molecule has 2 heterocycles. The van der Waals surface area contributed by atoms with E-state index in [0.29, 0.717) is 29.5 Å². The summed E-state index contributed by atoms with van der Waals surface area (Å²) in [7, 11) is -2.82. The lowest BCUT2D eigenvalue weighted by Crippen LogP contribution is -2.46. The van der Waals surface area contributed by atoms with Gasteiger partial charge in [0.15, 0.2) is 15.8 Å². The standard InChI is InChI=1S/C20H37N3O2S.HI/c1-3-20(4-2)11-12-23(16-20)19(22-18-8-6-5-7-9-18)21-14-17-10-13-26(24,25)15-17;/h17-18H,3-16H2,1-2H3,(H,21,22);1H. The minimum absolute atomic E-state index is 0. The molecule has 2 aliphatic heterocycles. The second-order valence-electron chi connectivity index (χ2n) is 8.79. The molecule has 0 radical (unpaired) electrons. The number of guanidine groups is 1. The van der Waals surface area contributed by atoms with E-state index in [2.05, 4.69) is 24.1 Å². The molecule has 5 nitrogen and oxygen atoms in total. The van der Waals surface area contributed by atoms with Crippen molar-refractivity contribution in [2.24, 2.45) is 16.3 Å². The Kier molecular flexibility index (Phi) is 8.71. The number of likely N-dealkylation sites (tertiary alicyclic amines) is 1. The minimum Gasteiger partial charge on any atom is -0.354 e. The van der Waals surface area contributed by atoms with Crippen LogP contribution in [0.1, 0.15) is 71.6 Å². The highest BCUT2D eigenvalue weighted by atomic mass is 127. The van der Waals surface area contributed by atoms with Crippen LogP contribution in [0.3, 0.4) is 0 Å². The summed E-state index contributed by atoms with van der Waals surface area (Å²) in [6, 6.07) is 0.535. The van der Waals surface area contributed by atoms with Crippen LogP contribution in [0.15, 0.2) is 4.99 Å². The Morgan fingerprint density at radius 2 is 1.85 bits per heavy atom. The molecule has 0 amide bonds. The first-order chi connectivity index (χ1) is 12.5. The molecule has 1 atom stereocenters. The lowest BCUT2D eigenvalue weighted by atomic mass is 9.82. The van der Waals surface area contributed by atoms with Gasteiger partial charge in [0.2, 0.25) is 0 Å². The topological polar surface area (TPSA) is 61.8 Å². The Balaban J connectivity index is 0.00000261. The van der Waals surface area contributed by atoms with Gasteiger partial charge in [0.05, 0.1) is 11.5 Å². The van der Waals surface area contributed by atoms with Gasteiger partial charge in [-0.25, -0.2) is 8.42 Å². The number of hydrogen-bond donors (Lipinski definition) is 1. The van der Waals surface area contributed by atoms with Gasteiger partial charge in [0.25, 0.3) is 0 Å². The summed E-state index contributed by atoms with van der Waals surface area (Å²) in [6.45, 7) is 7.42. The molecular weight excluding hydrogens is 473 g/mol. The molecule has 0 aromatic heterocycles. The van der Waals surface area contributed by atoms with Crippen molar-refractivity contribution in [3.8, 4) is 0 Å². The first kappa shape index (κ1) is 23.2. The van der Waals surface area contributed by atoms with Crippen molar-refractivity contribution in [1.29, 1.82) is 0 Å². The van der Waals surface area contributed by atoms with Crippen molar-refractivity contribution in [1.82, 2.24) is 10.2 Å². The Bertz CT molecular complexity index is 598. The molecule has 3 fully saturated rings. The number of nitrogens with one attached hydrogen (secondary N) is 1.